The van der Waals surface area contributed by atoms with Crippen LogP contribution in [0.5, 0.6) is 5.75 Å². The lowest BCUT2D eigenvalue weighted by Crippen LogP contribution is -2.25. The second-order valence-electron chi connectivity index (χ2n) is 8.05. The average molecular weight is 382 g/mol. The van der Waals surface area contributed by atoms with E-state index in [-0.39, 0.29) is 12.4 Å². The van der Waals surface area contributed by atoms with Gasteiger partial charge in [0.15, 0.2) is 5.75 Å². The van der Waals surface area contributed by atoms with Crippen molar-refractivity contribution in [3.05, 3.63) is 47.5 Å². The first-order valence-corrected chi connectivity index (χ1v) is 9.36. The zero-order chi connectivity index (χ0) is 20.3. The molecule has 3 rings (SSSR count). The number of anilines is 3. The number of ether oxygens (including phenoxy) is 2. The van der Waals surface area contributed by atoms with E-state index in [2.05, 4.69) is 5.32 Å². The highest BCUT2D eigenvalue weighted by Crippen LogP contribution is 2.42. The quantitative estimate of drug-likeness (QED) is 0.421. The molecular formula is C22H26N2O4. The van der Waals surface area contributed by atoms with Crippen molar-refractivity contribution < 1.29 is 19.1 Å². The second-order valence-corrected chi connectivity index (χ2v) is 8.05. The molecule has 1 aliphatic carbocycles. The second kappa shape index (κ2) is 7.92. The first kappa shape index (κ1) is 19.7. The fraction of sp³-hybridized carbons (Fsp3) is 0.364. The van der Waals surface area contributed by atoms with E-state index < -0.39 is 5.60 Å². The molecule has 6 heteroatoms. The number of nitrogen functional groups attached to an aromatic ring is 1. The van der Waals surface area contributed by atoms with Crippen LogP contribution in [0, 0.1) is 0 Å². The fourth-order valence-electron chi connectivity index (χ4n) is 2.99. The van der Waals surface area contributed by atoms with Crippen LogP contribution >= 0.6 is 0 Å². The van der Waals surface area contributed by atoms with Gasteiger partial charge in [0.25, 0.3) is 6.47 Å². The van der Waals surface area contributed by atoms with Gasteiger partial charge in [-0.3, -0.25) is 9.59 Å². The average Bonchev–Trinajstić information content (AvgIpc) is 3.43. The van der Waals surface area contributed by atoms with Crippen molar-refractivity contribution in [2.24, 2.45) is 0 Å². The Morgan fingerprint density at radius 2 is 1.96 bits per heavy atom. The van der Waals surface area contributed by atoms with Gasteiger partial charge in [-0.15, -0.1) is 0 Å². The molecule has 0 aromatic heterocycles. The molecule has 0 spiro atoms. The number of rotatable bonds is 7. The van der Waals surface area contributed by atoms with Crippen molar-refractivity contribution in [2.45, 2.75) is 51.6 Å². The number of nitrogens with two attached hydrogens (primary N) is 1. The van der Waals surface area contributed by atoms with Gasteiger partial charge in [0, 0.05) is 11.4 Å². The van der Waals surface area contributed by atoms with Crippen LogP contribution in [0.25, 0.3) is 0 Å². The van der Waals surface area contributed by atoms with Gasteiger partial charge in [-0.1, -0.05) is 6.07 Å². The molecule has 0 saturated heterocycles. The first-order chi connectivity index (χ1) is 13.2. The Morgan fingerprint density at radius 1 is 1.21 bits per heavy atom. The third kappa shape index (κ3) is 5.25. The van der Waals surface area contributed by atoms with E-state index in [9.17, 15) is 9.59 Å². The summed E-state index contributed by atoms with van der Waals surface area (Å²) in [5, 5.41) is 3.24. The lowest BCUT2D eigenvalue weighted by Gasteiger charge is -2.20. The minimum atomic E-state index is -0.550. The van der Waals surface area contributed by atoms with Crippen molar-refractivity contribution in [1.29, 1.82) is 0 Å². The summed E-state index contributed by atoms with van der Waals surface area (Å²) in [6.45, 7) is 5.90. The maximum atomic E-state index is 12.1. The van der Waals surface area contributed by atoms with Gasteiger partial charge >= 0.3 is 5.97 Å². The zero-order valence-corrected chi connectivity index (χ0v) is 16.5. The van der Waals surface area contributed by atoms with Crippen molar-refractivity contribution in [1.82, 2.24) is 0 Å². The van der Waals surface area contributed by atoms with Crippen molar-refractivity contribution >= 4 is 29.5 Å². The van der Waals surface area contributed by atoms with E-state index >= 15 is 0 Å². The Bertz CT molecular complexity index is 883. The van der Waals surface area contributed by atoms with E-state index in [1.807, 2.05) is 45.0 Å². The summed E-state index contributed by atoms with van der Waals surface area (Å²) >= 11 is 0. The lowest BCUT2D eigenvalue weighted by molar-refractivity contribution is -0.153. The monoisotopic (exact) mass is 382 g/mol. The highest BCUT2D eigenvalue weighted by Gasteiger charge is 2.24. The van der Waals surface area contributed by atoms with Crippen LogP contribution in [-0.2, 0) is 20.7 Å². The molecular weight excluding hydrogens is 356 g/mol. The van der Waals surface area contributed by atoms with Gasteiger partial charge in [-0.2, -0.15) is 0 Å². The molecule has 148 valence electrons. The van der Waals surface area contributed by atoms with Gasteiger partial charge in [0.2, 0.25) is 0 Å². The topological polar surface area (TPSA) is 90.6 Å². The summed E-state index contributed by atoms with van der Waals surface area (Å²) in [6, 6.07) is 11.2. The van der Waals surface area contributed by atoms with Crippen LogP contribution in [-0.4, -0.2) is 18.0 Å². The van der Waals surface area contributed by atoms with Crippen LogP contribution in [0.4, 0.5) is 17.1 Å². The molecule has 0 radical (unpaired) electrons. The van der Waals surface area contributed by atoms with Crippen molar-refractivity contribution in [3.63, 3.8) is 0 Å². The minimum Gasteiger partial charge on any atom is -0.460 e. The molecule has 28 heavy (non-hydrogen) atoms. The fourth-order valence-corrected chi connectivity index (χ4v) is 2.99. The third-order valence-electron chi connectivity index (χ3n) is 4.41. The zero-order valence-electron chi connectivity index (χ0n) is 16.5. The van der Waals surface area contributed by atoms with E-state index in [1.54, 1.807) is 12.1 Å². The number of benzene rings is 2. The Hall–Kier alpha value is -3.02. The highest BCUT2D eigenvalue weighted by atomic mass is 16.6. The highest BCUT2D eigenvalue weighted by molar-refractivity contribution is 5.77. The van der Waals surface area contributed by atoms with Gasteiger partial charge in [-0.05, 0) is 81.0 Å². The normalized spacial score (nSPS) is 13.7. The van der Waals surface area contributed by atoms with Gasteiger partial charge in [0.05, 0.1) is 12.1 Å². The SMILES string of the molecule is CC(C)(C)OC(=O)Cc1cc(Nc2ccc(C3CC3)cc2OC=O)ccc1N. The summed E-state index contributed by atoms with van der Waals surface area (Å²) in [7, 11) is 0. The van der Waals surface area contributed by atoms with Crippen LogP contribution in [0.3, 0.4) is 0 Å². The predicted molar refractivity (Wildman–Crippen MR) is 109 cm³/mol. The summed E-state index contributed by atoms with van der Waals surface area (Å²) < 4.78 is 10.5. The predicted octanol–water partition coefficient (Wildman–Crippen LogP) is 4.31. The Kier molecular flexibility index (Phi) is 5.58. The van der Waals surface area contributed by atoms with E-state index in [0.29, 0.717) is 35.1 Å². The van der Waals surface area contributed by atoms with E-state index in [1.165, 1.54) is 18.4 Å². The van der Waals surface area contributed by atoms with Crippen molar-refractivity contribution in [3.8, 4) is 5.75 Å². The number of carbonyl (C=O) groups excluding carboxylic acids is 2. The molecule has 3 N–H and O–H groups in total. The number of esters is 1. The molecule has 1 saturated carbocycles. The Balaban J connectivity index is 1.79. The summed E-state index contributed by atoms with van der Waals surface area (Å²) in [5.41, 5.74) is 9.25. The molecule has 0 amide bonds. The molecule has 0 heterocycles. The summed E-state index contributed by atoms with van der Waals surface area (Å²) in [4.78, 5) is 23.0. The molecule has 2 aromatic carbocycles. The van der Waals surface area contributed by atoms with Crippen LogP contribution < -0.4 is 15.8 Å². The molecule has 0 bridgehead atoms. The molecule has 6 nitrogen and oxygen atoms in total. The maximum absolute atomic E-state index is 12.1. The molecule has 2 aromatic rings. The van der Waals surface area contributed by atoms with Crippen LogP contribution in [0.1, 0.15) is 50.7 Å². The molecule has 0 aliphatic heterocycles. The molecule has 0 unspecified atom stereocenters. The van der Waals surface area contributed by atoms with Crippen molar-refractivity contribution in [2.75, 3.05) is 11.1 Å². The van der Waals surface area contributed by atoms with Gasteiger partial charge in [-0.25, -0.2) is 0 Å². The molecule has 1 fully saturated rings. The largest absolute Gasteiger partial charge is 0.460 e. The third-order valence-corrected chi connectivity index (χ3v) is 4.41. The number of hydrogen-bond acceptors (Lipinski definition) is 6. The van der Waals surface area contributed by atoms with Crippen LogP contribution in [0.2, 0.25) is 0 Å². The molecule has 1 aliphatic rings. The van der Waals surface area contributed by atoms with E-state index in [4.69, 9.17) is 15.2 Å². The number of nitrogens with one attached hydrogen (secondary N) is 1. The maximum Gasteiger partial charge on any atom is 0.310 e. The standard InChI is InChI=1S/C22H26N2O4/c1-22(2,3)28-21(26)12-16-10-17(7-8-18(16)23)24-19-9-6-15(14-4-5-14)11-20(19)27-13-25/h6-11,13-14,24H,4-5,12,23H2,1-3H3. The first-order valence-electron chi connectivity index (χ1n) is 9.36. The summed E-state index contributed by atoms with van der Waals surface area (Å²) in [6.07, 6.45) is 2.41. The minimum absolute atomic E-state index is 0.0803. The van der Waals surface area contributed by atoms with Gasteiger partial charge < -0.3 is 20.5 Å². The Labute approximate surface area is 165 Å². The smallest absolute Gasteiger partial charge is 0.310 e. The van der Waals surface area contributed by atoms with Crippen LogP contribution in [0.15, 0.2) is 36.4 Å². The Morgan fingerprint density at radius 3 is 2.61 bits per heavy atom. The van der Waals surface area contributed by atoms with E-state index in [0.717, 1.165) is 5.69 Å². The number of hydrogen-bond donors (Lipinski definition) is 2. The number of carbonyl (C=O) groups is 2. The summed E-state index contributed by atoms with van der Waals surface area (Å²) in [5.74, 6) is 0.694. The lowest BCUT2D eigenvalue weighted by atomic mass is 10.1. The van der Waals surface area contributed by atoms with Gasteiger partial charge in [0.1, 0.15) is 5.60 Å². The molecule has 0 atom stereocenters.